The van der Waals surface area contributed by atoms with Crippen molar-refractivity contribution in [3.05, 3.63) is 42.0 Å². The molecule has 1 aromatic carbocycles. The monoisotopic (exact) mass is 273 g/mol. The third-order valence-corrected chi connectivity index (χ3v) is 2.30. The minimum atomic E-state index is -4.74. The summed E-state index contributed by atoms with van der Waals surface area (Å²) in [4.78, 5) is 3.90. The third kappa shape index (κ3) is 3.42. The Morgan fingerprint density at radius 3 is 2.74 bits per heavy atom. The van der Waals surface area contributed by atoms with Gasteiger partial charge in [0.2, 0.25) is 0 Å². The molecule has 0 aliphatic heterocycles. The molecule has 0 saturated carbocycles. The number of nitrogens with zero attached hydrogens (tertiary/aromatic N) is 2. The first-order chi connectivity index (χ1) is 8.99. The molecule has 0 spiro atoms. The van der Waals surface area contributed by atoms with Crippen LogP contribution >= 0.6 is 0 Å². The van der Waals surface area contributed by atoms with Gasteiger partial charge in [-0.25, -0.2) is 10.4 Å². The SMILES string of the molecule is NNC(c1cccc(OC(F)(F)F)c1)c1ncn[nH]1. The van der Waals surface area contributed by atoms with Gasteiger partial charge in [0.25, 0.3) is 0 Å². The van der Waals surface area contributed by atoms with E-state index in [0.717, 1.165) is 0 Å². The zero-order chi connectivity index (χ0) is 13.9. The predicted molar refractivity (Wildman–Crippen MR) is 58.7 cm³/mol. The van der Waals surface area contributed by atoms with Gasteiger partial charge in [0, 0.05) is 0 Å². The number of ether oxygens (including phenoxy) is 1. The molecule has 1 atom stereocenters. The Bertz CT molecular complexity index is 528. The number of H-pyrrole nitrogens is 1. The van der Waals surface area contributed by atoms with Crippen LogP contribution in [0.1, 0.15) is 17.4 Å². The van der Waals surface area contributed by atoms with Crippen LogP contribution in [0.5, 0.6) is 5.75 Å². The normalized spacial score (nSPS) is 13.3. The largest absolute Gasteiger partial charge is 0.573 e. The van der Waals surface area contributed by atoms with Gasteiger partial charge in [0.1, 0.15) is 23.9 Å². The fourth-order valence-corrected chi connectivity index (χ4v) is 1.58. The fourth-order valence-electron chi connectivity index (χ4n) is 1.58. The molecule has 2 aromatic rings. The molecular weight excluding hydrogens is 263 g/mol. The van der Waals surface area contributed by atoms with Gasteiger partial charge < -0.3 is 4.74 Å². The number of nitrogens with two attached hydrogens (primary N) is 1. The fraction of sp³-hybridized carbons (Fsp3) is 0.200. The molecule has 1 aromatic heterocycles. The van der Waals surface area contributed by atoms with Crippen LogP contribution in [0, 0.1) is 0 Å². The van der Waals surface area contributed by atoms with E-state index in [1.807, 2.05) is 0 Å². The summed E-state index contributed by atoms with van der Waals surface area (Å²) < 4.78 is 40.3. The average Bonchev–Trinajstić information content (AvgIpc) is 2.82. The number of aromatic nitrogens is 3. The number of alkyl halides is 3. The summed E-state index contributed by atoms with van der Waals surface area (Å²) >= 11 is 0. The first kappa shape index (κ1) is 13.3. The first-order valence-corrected chi connectivity index (χ1v) is 5.16. The van der Waals surface area contributed by atoms with Crippen molar-refractivity contribution in [1.82, 2.24) is 20.6 Å². The van der Waals surface area contributed by atoms with Crippen LogP contribution in [0.3, 0.4) is 0 Å². The van der Waals surface area contributed by atoms with Crippen LogP contribution < -0.4 is 16.0 Å². The van der Waals surface area contributed by atoms with Gasteiger partial charge in [-0.05, 0) is 17.7 Å². The Hall–Kier alpha value is -2.13. The highest BCUT2D eigenvalue weighted by molar-refractivity contribution is 5.33. The van der Waals surface area contributed by atoms with E-state index in [1.54, 1.807) is 6.07 Å². The molecule has 9 heteroatoms. The van der Waals surface area contributed by atoms with Crippen molar-refractivity contribution in [2.45, 2.75) is 12.4 Å². The number of hydrogen-bond donors (Lipinski definition) is 3. The summed E-state index contributed by atoms with van der Waals surface area (Å²) in [5, 5.41) is 6.24. The van der Waals surface area contributed by atoms with Crippen molar-refractivity contribution in [3.63, 3.8) is 0 Å². The molecule has 0 fully saturated rings. The Kier molecular flexibility index (Phi) is 3.67. The molecule has 6 nitrogen and oxygen atoms in total. The molecule has 0 radical (unpaired) electrons. The second-order valence-electron chi connectivity index (χ2n) is 3.59. The van der Waals surface area contributed by atoms with Crippen molar-refractivity contribution in [2.24, 2.45) is 5.84 Å². The van der Waals surface area contributed by atoms with Crippen LogP contribution in [0.15, 0.2) is 30.6 Å². The van der Waals surface area contributed by atoms with Gasteiger partial charge in [-0.1, -0.05) is 12.1 Å². The van der Waals surface area contributed by atoms with E-state index in [4.69, 9.17) is 5.84 Å². The van der Waals surface area contributed by atoms with Crippen LogP contribution in [0.25, 0.3) is 0 Å². The highest BCUT2D eigenvalue weighted by Crippen LogP contribution is 2.26. The van der Waals surface area contributed by atoms with E-state index >= 15 is 0 Å². The second kappa shape index (κ2) is 5.24. The number of benzene rings is 1. The number of rotatable bonds is 4. The van der Waals surface area contributed by atoms with E-state index in [2.05, 4.69) is 25.3 Å². The molecule has 1 unspecified atom stereocenters. The van der Waals surface area contributed by atoms with Crippen molar-refractivity contribution < 1.29 is 17.9 Å². The predicted octanol–water partition coefficient (Wildman–Crippen LogP) is 1.26. The van der Waals surface area contributed by atoms with E-state index in [1.165, 1.54) is 24.5 Å². The van der Waals surface area contributed by atoms with Gasteiger partial charge >= 0.3 is 6.36 Å². The van der Waals surface area contributed by atoms with E-state index in [0.29, 0.717) is 11.4 Å². The lowest BCUT2D eigenvalue weighted by atomic mass is 10.1. The molecule has 0 aliphatic carbocycles. The summed E-state index contributed by atoms with van der Waals surface area (Å²) in [6.07, 6.45) is -3.47. The van der Waals surface area contributed by atoms with Crippen molar-refractivity contribution in [2.75, 3.05) is 0 Å². The highest BCUT2D eigenvalue weighted by atomic mass is 19.4. The number of nitrogens with one attached hydrogen (secondary N) is 2. The van der Waals surface area contributed by atoms with Gasteiger partial charge in [-0.15, -0.1) is 13.2 Å². The summed E-state index contributed by atoms with van der Waals surface area (Å²) in [6.45, 7) is 0. The Morgan fingerprint density at radius 2 is 2.16 bits per heavy atom. The summed E-state index contributed by atoms with van der Waals surface area (Å²) in [6, 6.07) is 4.83. The number of aromatic amines is 1. The Balaban J connectivity index is 2.27. The van der Waals surface area contributed by atoms with Crippen molar-refractivity contribution in [3.8, 4) is 5.75 Å². The molecule has 102 valence electrons. The molecule has 0 saturated heterocycles. The molecule has 19 heavy (non-hydrogen) atoms. The minimum absolute atomic E-state index is 0.329. The van der Waals surface area contributed by atoms with Crippen LogP contribution in [-0.4, -0.2) is 21.5 Å². The number of hydrogen-bond acceptors (Lipinski definition) is 5. The molecular formula is C10H10F3N5O. The molecule has 0 aliphatic rings. The third-order valence-electron chi connectivity index (χ3n) is 2.30. The zero-order valence-electron chi connectivity index (χ0n) is 9.48. The molecule has 1 heterocycles. The van der Waals surface area contributed by atoms with E-state index in [9.17, 15) is 13.2 Å². The maximum absolute atomic E-state index is 12.1. The standard InChI is InChI=1S/C10H10F3N5O/c11-10(12,13)19-7-3-1-2-6(4-7)8(17-14)9-15-5-16-18-9/h1-5,8,17H,14H2,(H,15,16,18). The highest BCUT2D eigenvalue weighted by Gasteiger charge is 2.31. The van der Waals surface area contributed by atoms with Gasteiger partial charge in [-0.3, -0.25) is 10.9 Å². The lowest BCUT2D eigenvalue weighted by Crippen LogP contribution is -2.29. The molecule has 0 amide bonds. The number of hydrazine groups is 1. The Morgan fingerprint density at radius 1 is 1.37 bits per heavy atom. The summed E-state index contributed by atoms with van der Waals surface area (Å²) in [5.74, 6) is 5.42. The first-order valence-electron chi connectivity index (χ1n) is 5.16. The lowest BCUT2D eigenvalue weighted by Gasteiger charge is -2.15. The molecule has 4 N–H and O–H groups in total. The van der Waals surface area contributed by atoms with Crippen LogP contribution in [-0.2, 0) is 0 Å². The topological polar surface area (TPSA) is 88.8 Å². The minimum Gasteiger partial charge on any atom is -0.406 e. The van der Waals surface area contributed by atoms with Crippen molar-refractivity contribution in [1.29, 1.82) is 0 Å². The molecule has 0 bridgehead atoms. The summed E-state index contributed by atoms with van der Waals surface area (Å²) in [7, 11) is 0. The quantitative estimate of drug-likeness (QED) is 0.576. The maximum atomic E-state index is 12.1. The van der Waals surface area contributed by atoms with Gasteiger partial charge in [-0.2, -0.15) is 5.10 Å². The van der Waals surface area contributed by atoms with Crippen LogP contribution in [0.4, 0.5) is 13.2 Å². The number of halogens is 3. The molecule has 2 rings (SSSR count). The van der Waals surface area contributed by atoms with Crippen molar-refractivity contribution >= 4 is 0 Å². The van der Waals surface area contributed by atoms with Gasteiger partial charge in [0.15, 0.2) is 0 Å². The zero-order valence-corrected chi connectivity index (χ0v) is 9.48. The second-order valence-corrected chi connectivity index (χ2v) is 3.59. The van der Waals surface area contributed by atoms with Crippen LogP contribution in [0.2, 0.25) is 0 Å². The Labute approximate surface area is 105 Å². The average molecular weight is 273 g/mol. The van der Waals surface area contributed by atoms with E-state index < -0.39 is 12.4 Å². The van der Waals surface area contributed by atoms with Gasteiger partial charge in [0.05, 0.1) is 0 Å². The van der Waals surface area contributed by atoms with E-state index in [-0.39, 0.29) is 5.75 Å². The maximum Gasteiger partial charge on any atom is 0.573 e. The lowest BCUT2D eigenvalue weighted by molar-refractivity contribution is -0.274. The smallest absolute Gasteiger partial charge is 0.406 e. The summed E-state index contributed by atoms with van der Waals surface area (Å²) in [5.41, 5.74) is 2.90.